The fourth-order valence-corrected chi connectivity index (χ4v) is 3.47. The van der Waals surface area contributed by atoms with Gasteiger partial charge in [0.05, 0.1) is 14.2 Å². The first-order valence-electron chi connectivity index (χ1n) is 8.18. The summed E-state index contributed by atoms with van der Waals surface area (Å²) in [5.41, 5.74) is 1.29. The summed E-state index contributed by atoms with van der Waals surface area (Å²) in [4.78, 5) is 5.17. The van der Waals surface area contributed by atoms with Gasteiger partial charge in [-0.2, -0.15) is 0 Å². The summed E-state index contributed by atoms with van der Waals surface area (Å²) in [6, 6.07) is 6.97. The van der Waals surface area contributed by atoms with E-state index in [1.165, 1.54) is 31.6 Å². The van der Waals surface area contributed by atoms with Crippen LogP contribution in [0.25, 0.3) is 0 Å². The van der Waals surface area contributed by atoms with Crippen molar-refractivity contribution in [3.8, 4) is 11.5 Å². The molecule has 2 aliphatic heterocycles. The van der Waals surface area contributed by atoms with Crippen molar-refractivity contribution >= 4 is 0 Å². The molecule has 5 heteroatoms. The Morgan fingerprint density at radius 2 is 1.86 bits per heavy atom. The number of methoxy groups -OCH3 is 2. The molecule has 22 heavy (non-hydrogen) atoms. The Bertz CT molecular complexity index is 481. The molecule has 0 saturated carbocycles. The van der Waals surface area contributed by atoms with E-state index in [4.69, 9.17) is 9.47 Å². The first kappa shape index (κ1) is 15.6. The van der Waals surface area contributed by atoms with Crippen molar-refractivity contribution in [3.63, 3.8) is 0 Å². The summed E-state index contributed by atoms with van der Waals surface area (Å²) in [7, 11) is 3.37. The first-order valence-corrected chi connectivity index (χ1v) is 8.18. The van der Waals surface area contributed by atoms with Crippen LogP contribution in [-0.4, -0.2) is 69.3 Å². The highest BCUT2D eigenvalue weighted by atomic mass is 16.5. The molecule has 3 rings (SSSR count). The second-order valence-electron chi connectivity index (χ2n) is 6.15. The largest absolute Gasteiger partial charge is 0.493 e. The van der Waals surface area contributed by atoms with E-state index in [2.05, 4.69) is 27.2 Å². The van der Waals surface area contributed by atoms with Crippen LogP contribution in [0, 0.1) is 0 Å². The third-order valence-electron chi connectivity index (χ3n) is 4.81. The molecule has 1 atom stereocenters. The zero-order valence-corrected chi connectivity index (χ0v) is 13.7. The predicted octanol–water partition coefficient (Wildman–Crippen LogP) is 1.18. The molecule has 0 bridgehead atoms. The lowest BCUT2D eigenvalue weighted by molar-refractivity contribution is 0.0981. The topological polar surface area (TPSA) is 37.0 Å². The van der Waals surface area contributed by atoms with E-state index in [0.29, 0.717) is 0 Å². The molecule has 2 fully saturated rings. The predicted molar refractivity (Wildman–Crippen MR) is 87.7 cm³/mol. The molecular weight excluding hydrogens is 278 g/mol. The molecule has 1 aromatic carbocycles. The molecule has 5 nitrogen and oxygen atoms in total. The quantitative estimate of drug-likeness (QED) is 0.884. The molecule has 2 aliphatic rings. The third kappa shape index (κ3) is 3.54. The molecule has 0 aliphatic carbocycles. The van der Waals surface area contributed by atoms with Crippen LogP contribution in [0.1, 0.15) is 12.0 Å². The molecule has 0 amide bonds. The average molecular weight is 305 g/mol. The molecule has 1 aromatic rings. The maximum atomic E-state index is 5.39. The second kappa shape index (κ2) is 7.31. The first-order chi connectivity index (χ1) is 10.8. The standard InChI is InChI=1S/C17H27N3O2/c1-21-16-4-3-14(11-17(16)22-2)13-19-7-9-20(10-8-19)15-5-6-18-12-15/h3-4,11,15,18H,5-10,12-13H2,1-2H3. The van der Waals surface area contributed by atoms with Crippen LogP contribution in [0.15, 0.2) is 18.2 Å². The van der Waals surface area contributed by atoms with E-state index in [1.807, 2.05) is 6.07 Å². The number of rotatable bonds is 5. The Morgan fingerprint density at radius 3 is 2.50 bits per heavy atom. The highest BCUT2D eigenvalue weighted by molar-refractivity contribution is 5.42. The number of hydrogen-bond acceptors (Lipinski definition) is 5. The molecular formula is C17H27N3O2. The number of benzene rings is 1. The number of nitrogens with one attached hydrogen (secondary N) is 1. The zero-order valence-electron chi connectivity index (χ0n) is 13.7. The van der Waals surface area contributed by atoms with E-state index in [-0.39, 0.29) is 0 Å². The van der Waals surface area contributed by atoms with Gasteiger partial charge in [-0.05, 0) is 30.7 Å². The minimum Gasteiger partial charge on any atom is -0.493 e. The van der Waals surface area contributed by atoms with Crippen LogP contribution in [0.2, 0.25) is 0 Å². The van der Waals surface area contributed by atoms with Gasteiger partial charge in [-0.15, -0.1) is 0 Å². The molecule has 0 spiro atoms. The van der Waals surface area contributed by atoms with Crippen molar-refractivity contribution in [2.24, 2.45) is 0 Å². The van der Waals surface area contributed by atoms with Crippen molar-refractivity contribution in [2.75, 3.05) is 53.5 Å². The summed E-state index contributed by atoms with van der Waals surface area (Å²) in [6.07, 6.45) is 1.30. The molecule has 2 saturated heterocycles. The van der Waals surface area contributed by atoms with Crippen molar-refractivity contribution in [1.29, 1.82) is 0 Å². The smallest absolute Gasteiger partial charge is 0.161 e. The monoisotopic (exact) mass is 305 g/mol. The van der Waals surface area contributed by atoms with Gasteiger partial charge < -0.3 is 14.8 Å². The van der Waals surface area contributed by atoms with Crippen LogP contribution < -0.4 is 14.8 Å². The van der Waals surface area contributed by atoms with Gasteiger partial charge in [0, 0.05) is 45.3 Å². The van der Waals surface area contributed by atoms with E-state index in [0.717, 1.165) is 43.7 Å². The Kier molecular flexibility index (Phi) is 5.18. The van der Waals surface area contributed by atoms with E-state index in [1.54, 1.807) is 14.2 Å². The Hall–Kier alpha value is -1.30. The van der Waals surface area contributed by atoms with Crippen molar-refractivity contribution in [2.45, 2.75) is 19.0 Å². The zero-order chi connectivity index (χ0) is 15.4. The van der Waals surface area contributed by atoms with Crippen LogP contribution in [-0.2, 0) is 6.54 Å². The maximum Gasteiger partial charge on any atom is 0.161 e. The van der Waals surface area contributed by atoms with Crippen LogP contribution in [0.5, 0.6) is 11.5 Å². The van der Waals surface area contributed by atoms with Gasteiger partial charge in [-0.1, -0.05) is 6.07 Å². The van der Waals surface area contributed by atoms with Crippen LogP contribution in [0.4, 0.5) is 0 Å². The van der Waals surface area contributed by atoms with Gasteiger partial charge >= 0.3 is 0 Å². The Morgan fingerprint density at radius 1 is 1.09 bits per heavy atom. The highest BCUT2D eigenvalue weighted by Crippen LogP contribution is 2.28. The number of ether oxygens (including phenoxy) is 2. The average Bonchev–Trinajstić information content (AvgIpc) is 3.10. The molecule has 1 N–H and O–H groups in total. The molecule has 122 valence electrons. The van der Waals surface area contributed by atoms with E-state index >= 15 is 0 Å². The van der Waals surface area contributed by atoms with Gasteiger partial charge in [0.1, 0.15) is 0 Å². The van der Waals surface area contributed by atoms with Crippen LogP contribution >= 0.6 is 0 Å². The summed E-state index contributed by atoms with van der Waals surface area (Å²) >= 11 is 0. The summed E-state index contributed by atoms with van der Waals surface area (Å²) in [5.74, 6) is 1.61. The van der Waals surface area contributed by atoms with Gasteiger partial charge in [-0.25, -0.2) is 0 Å². The molecule has 0 radical (unpaired) electrons. The Balaban J connectivity index is 1.54. The third-order valence-corrected chi connectivity index (χ3v) is 4.81. The number of nitrogens with zero attached hydrogens (tertiary/aromatic N) is 2. The Labute approximate surface area is 133 Å². The lowest BCUT2D eigenvalue weighted by Gasteiger charge is -2.37. The van der Waals surface area contributed by atoms with E-state index < -0.39 is 0 Å². The SMILES string of the molecule is COc1ccc(CN2CCN(C3CCNC3)CC2)cc1OC. The minimum absolute atomic E-state index is 0.753. The minimum atomic E-state index is 0.753. The van der Waals surface area contributed by atoms with Crippen LogP contribution in [0.3, 0.4) is 0 Å². The van der Waals surface area contributed by atoms with E-state index in [9.17, 15) is 0 Å². The lowest BCUT2D eigenvalue weighted by atomic mass is 10.1. The van der Waals surface area contributed by atoms with Gasteiger partial charge in [-0.3, -0.25) is 9.80 Å². The number of piperazine rings is 1. The van der Waals surface area contributed by atoms with Gasteiger partial charge in [0.15, 0.2) is 11.5 Å². The second-order valence-corrected chi connectivity index (χ2v) is 6.15. The normalized spacial score (nSPS) is 23.6. The maximum absolute atomic E-state index is 5.39. The molecule has 1 unspecified atom stereocenters. The van der Waals surface area contributed by atoms with Gasteiger partial charge in [0.25, 0.3) is 0 Å². The highest BCUT2D eigenvalue weighted by Gasteiger charge is 2.25. The van der Waals surface area contributed by atoms with Crippen molar-refractivity contribution in [1.82, 2.24) is 15.1 Å². The van der Waals surface area contributed by atoms with Crippen molar-refractivity contribution in [3.05, 3.63) is 23.8 Å². The van der Waals surface area contributed by atoms with Gasteiger partial charge in [0.2, 0.25) is 0 Å². The fraction of sp³-hybridized carbons (Fsp3) is 0.647. The summed E-state index contributed by atoms with van der Waals surface area (Å²) < 4.78 is 10.7. The molecule has 2 heterocycles. The summed E-state index contributed by atoms with van der Waals surface area (Å²) in [5, 5.41) is 3.46. The fourth-order valence-electron chi connectivity index (χ4n) is 3.47. The number of hydrogen-bond donors (Lipinski definition) is 1. The summed E-state index contributed by atoms with van der Waals surface area (Å²) in [6.45, 7) is 7.97. The van der Waals surface area contributed by atoms with Crippen molar-refractivity contribution < 1.29 is 9.47 Å². The lowest BCUT2D eigenvalue weighted by Crippen LogP contribution is -2.50. The molecule has 0 aromatic heterocycles.